The van der Waals surface area contributed by atoms with Crippen molar-refractivity contribution in [1.29, 1.82) is 0 Å². The van der Waals surface area contributed by atoms with Gasteiger partial charge in [-0.2, -0.15) is 0 Å². The zero-order valence-electron chi connectivity index (χ0n) is 6.93. The second kappa shape index (κ2) is 2.11. The smallest absolute Gasteiger partial charge is 0.199 e. The van der Waals surface area contributed by atoms with Gasteiger partial charge in [0.2, 0.25) is 0 Å². The first kappa shape index (κ1) is 7.32. The molecule has 0 unspecified atom stereocenters. The maximum absolute atomic E-state index is 5.34. The molecule has 0 N–H and O–H groups in total. The third kappa shape index (κ3) is 1.38. The number of aryl methyl sites for hydroxylation is 1. The lowest BCUT2D eigenvalue weighted by Crippen LogP contribution is -2.10. The Labute approximate surface area is 61.3 Å². The van der Waals surface area contributed by atoms with Crippen LogP contribution < -0.4 is 0 Å². The fourth-order valence-corrected chi connectivity index (χ4v) is 0.701. The molecule has 1 heterocycles. The van der Waals surface area contributed by atoms with Crippen LogP contribution in [-0.2, 0) is 5.41 Å². The highest BCUT2D eigenvalue weighted by molar-refractivity contribution is 5.00. The zero-order valence-corrected chi connectivity index (χ0v) is 6.93. The van der Waals surface area contributed by atoms with Crippen LogP contribution in [0.1, 0.15) is 32.4 Å². The summed E-state index contributed by atoms with van der Waals surface area (Å²) in [6.45, 7) is 8.15. The molecule has 0 aliphatic carbocycles. The van der Waals surface area contributed by atoms with E-state index in [-0.39, 0.29) is 5.41 Å². The molecule has 0 saturated heterocycles. The number of aromatic nitrogens is 1. The van der Waals surface area contributed by atoms with Gasteiger partial charge in [0.05, 0.1) is 6.20 Å². The summed E-state index contributed by atoms with van der Waals surface area (Å²) < 4.78 is 5.34. The van der Waals surface area contributed by atoms with E-state index in [9.17, 15) is 0 Å². The van der Waals surface area contributed by atoms with Gasteiger partial charge < -0.3 is 4.42 Å². The van der Waals surface area contributed by atoms with Crippen LogP contribution in [-0.4, -0.2) is 4.98 Å². The predicted molar refractivity (Wildman–Crippen MR) is 39.9 cm³/mol. The van der Waals surface area contributed by atoms with Crippen molar-refractivity contribution in [2.75, 3.05) is 0 Å². The quantitative estimate of drug-likeness (QED) is 0.551. The van der Waals surface area contributed by atoms with E-state index < -0.39 is 0 Å². The Kier molecular flexibility index (Phi) is 1.55. The summed E-state index contributed by atoms with van der Waals surface area (Å²) in [5.74, 6) is 1.69. The number of hydrogen-bond donors (Lipinski definition) is 0. The lowest BCUT2D eigenvalue weighted by Gasteiger charge is -2.11. The Morgan fingerprint density at radius 1 is 1.40 bits per heavy atom. The van der Waals surface area contributed by atoms with E-state index in [0.717, 1.165) is 11.7 Å². The fraction of sp³-hybridized carbons (Fsp3) is 0.625. The van der Waals surface area contributed by atoms with Crippen molar-refractivity contribution < 1.29 is 4.42 Å². The molecule has 0 radical (unpaired) electrons. The standard InChI is InChI=1S/C8H13NO/c1-6-5-9-7(10-6)8(2,3)4/h5H,1-4H3. The Bertz CT molecular complexity index is 219. The molecule has 0 amide bonds. The van der Waals surface area contributed by atoms with Crippen molar-refractivity contribution in [1.82, 2.24) is 4.98 Å². The molecular formula is C8H13NO. The summed E-state index contributed by atoms with van der Waals surface area (Å²) >= 11 is 0. The summed E-state index contributed by atoms with van der Waals surface area (Å²) in [5, 5.41) is 0. The first-order valence-electron chi connectivity index (χ1n) is 3.43. The Morgan fingerprint density at radius 2 is 2.00 bits per heavy atom. The normalized spacial score (nSPS) is 12.0. The maximum atomic E-state index is 5.34. The molecule has 0 bridgehead atoms. The van der Waals surface area contributed by atoms with Crippen LogP contribution >= 0.6 is 0 Å². The van der Waals surface area contributed by atoms with Crippen molar-refractivity contribution in [3.8, 4) is 0 Å². The largest absolute Gasteiger partial charge is 0.445 e. The first-order valence-corrected chi connectivity index (χ1v) is 3.43. The van der Waals surface area contributed by atoms with E-state index in [4.69, 9.17) is 4.42 Å². The highest BCUT2D eigenvalue weighted by Crippen LogP contribution is 2.20. The number of oxazole rings is 1. The molecule has 0 saturated carbocycles. The van der Waals surface area contributed by atoms with Gasteiger partial charge in [0.15, 0.2) is 5.89 Å². The van der Waals surface area contributed by atoms with E-state index in [0.29, 0.717) is 0 Å². The van der Waals surface area contributed by atoms with Gasteiger partial charge in [0.25, 0.3) is 0 Å². The topological polar surface area (TPSA) is 26.0 Å². The third-order valence-corrected chi connectivity index (χ3v) is 1.26. The summed E-state index contributed by atoms with van der Waals surface area (Å²) in [4.78, 5) is 4.12. The minimum Gasteiger partial charge on any atom is -0.445 e. The Morgan fingerprint density at radius 3 is 2.20 bits per heavy atom. The van der Waals surface area contributed by atoms with Gasteiger partial charge in [-0.15, -0.1) is 0 Å². The minimum atomic E-state index is 0.0360. The average molecular weight is 139 g/mol. The third-order valence-electron chi connectivity index (χ3n) is 1.26. The molecule has 0 atom stereocenters. The van der Waals surface area contributed by atoms with Crippen LogP contribution in [0.5, 0.6) is 0 Å². The molecule has 56 valence electrons. The van der Waals surface area contributed by atoms with Gasteiger partial charge in [-0.25, -0.2) is 4.98 Å². The van der Waals surface area contributed by atoms with Crippen molar-refractivity contribution in [3.05, 3.63) is 17.8 Å². The lowest BCUT2D eigenvalue weighted by molar-refractivity contribution is 0.380. The SMILES string of the molecule is Cc1cnc(C(C)(C)C)o1. The molecule has 0 aliphatic rings. The maximum Gasteiger partial charge on any atom is 0.199 e. The Hall–Kier alpha value is -0.790. The molecule has 1 aromatic heterocycles. The lowest BCUT2D eigenvalue weighted by atomic mass is 9.97. The second-order valence-electron chi connectivity index (χ2n) is 3.53. The Balaban J connectivity index is 2.96. The van der Waals surface area contributed by atoms with Crippen molar-refractivity contribution in [3.63, 3.8) is 0 Å². The molecule has 0 aromatic carbocycles. The monoisotopic (exact) mass is 139 g/mol. The van der Waals surface area contributed by atoms with Crippen molar-refractivity contribution in [2.24, 2.45) is 0 Å². The van der Waals surface area contributed by atoms with E-state index >= 15 is 0 Å². The summed E-state index contributed by atoms with van der Waals surface area (Å²) in [6, 6.07) is 0. The van der Waals surface area contributed by atoms with Crippen LogP contribution in [0.3, 0.4) is 0 Å². The highest BCUT2D eigenvalue weighted by Gasteiger charge is 2.18. The van der Waals surface area contributed by atoms with Crippen LogP contribution in [0.2, 0.25) is 0 Å². The molecule has 1 rings (SSSR count). The summed E-state index contributed by atoms with van der Waals surface area (Å²) in [5.41, 5.74) is 0.0360. The van der Waals surface area contributed by atoms with Gasteiger partial charge in [0.1, 0.15) is 5.76 Å². The van der Waals surface area contributed by atoms with Crippen LogP contribution in [0.4, 0.5) is 0 Å². The summed E-state index contributed by atoms with van der Waals surface area (Å²) in [6.07, 6.45) is 1.75. The average Bonchev–Trinajstić information content (AvgIpc) is 2.11. The first-order chi connectivity index (χ1) is 4.50. The van der Waals surface area contributed by atoms with Crippen molar-refractivity contribution >= 4 is 0 Å². The van der Waals surface area contributed by atoms with Gasteiger partial charge >= 0.3 is 0 Å². The van der Waals surface area contributed by atoms with Crippen LogP contribution in [0.15, 0.2) is 10.6 Å². The second-order valence-corrected chi connectivity index (χ2v) is 3.53. The van der Waals surface area contributed by atoms with Crippen LogP contribution in [0, 0.1) is 6.92 Å². The zero-order chi connectivity index (χ0) is 7.78. The molecular weight excluding hydrogens is 126 g/mol. The van der Waals surface area contributed by atoms with E-state index in [1.807, 2.05) is 6.92 Å². The molecule has 0 aliphatic heterocycles. The molecule has 0 fully saturated rings. The highest BCUT2D eigenvalue weighted by atomic mass is 16.4. The number of nitrogens with zero attached hydrogens (tertiary/aromatic N) is 1. The van der Waals surface area contributed by atoms with Crippen LogP contribution in [0.25, 0.3) is 0 Å². The number of hydrogen-bond acceptors (Lipinski definition) is 2. The number of rotatable bonds is 0. The van der Waals surface area contributed by atoms with Gasteiger partial charge in [-0.3, -0.25) is 0 Å². The van der Waals surface area contributed by atoms with Crippen molar-refractivity contribution in [2.45, 2.75) is 33.1 Å². The molecule has 10 heavy (non-hydrogen) atoms. The minimum absolute atomic E-state index is 0.0360. The van der Waals surface area contributed by atoms with E-state index in [1.54, 1.807) is 6.20 Å². The molecule has 2 nitrogen and oxygen atoms in total. The summed E-state index contributed by atoms with van der Waals surface area (Å²) in [7, 11) is 0. The van der Waals surface area contributed by atoms with Gasteiger partial charge in [-0.1, -0.05) is 20.8 Å². The van der Waals surface area contributed by atoms with Gasteiger partial charge in [-0.05, 0) is 6.92 Å². The van der Waals surface area contributed by atoms with E-state index in [1.165, 1.54) is 0 Å². The van der Waals surface area contributed by atoms with Gasteiger partial charge in [0, 0.05) is 5.41 Å². The van der Waals surface area contributed by atoms with E-state index in [2.05, 4.69) is 25.8 Å². The molecule has 1 aromatic rings. The molecule has 0 spiro atoms. The fourth-order valence-electron chi connectivity index (χ4n) is 0.701. The molecule has 2 heteroatoms. The predicted octanol–water partition coefficient (Wildman–Crippen LogP) is 2.28.